The molecule has 0 bridgehead atoms. The predicted molar refractivity (Wildman–Crippen MR) is 159 cm³/mol. The Labute approximate surface area is 237 Å². The van der Waals surface area contributed by atoms with Crippen LogP contribution in [0.25, 0.3) is 11.3 Å². The number of amides is 3. The molecule has 4 N–H and O–H groups in total. The third-order valence-corrected chi connectivity index (χ3v) is 6.45. The Hall–Kier alpha value is -4.88. The van der Waals surface area contributed by atoms with Gasteiger partial charge in [-0.3, -0.25) is 4.79 Å². The standard InChI is InChI=1S/C30H30N6O3S/c1-20(2)17-26(28(37)32-16-15-31)35-30-36-27(19-40-30)21-7-6-8-23(18-21)34-29(38)33-22-11-13-25(14-12-22)39-24-9-4-3-5-10-24/h3-14,18-20,26H,16-17H2,1-2H3,(H,32,37)(H,35,36)(H2,33,34,38)/t26-/m0/s1. The molecule has 0 radical (unpaired) electrons. The SMILES string of the molecule is CC(C)C[C@H](Nc1nc(-c2cccc(NC(=O)Nc3ccc(Oc4ccccc4)cc3)c2)cs1)C(=O)NCC#N. The third-order valence-electron chi connectivity index (χ3n) is 5.67. The van der Waals surface area contributed by atoms with Crippen molar-refractivity contribution in [3.05, 3.63) is 84.2 Å². The van der Waals surface area contributed by atoms with Gasteiger partial charge in [0.05, 0.1) is 11.8 Å². The Morgan fingerprint density at radius 2 is 1.68 bits per heavy atom. The molecular weight excluding hydrogens is 524 g/mol. The van der Waals surface area contributed by atoms with Crippen LogP contribution in [-0.4, -0.2) is 29.5 Å². The van der Waals surface area contributed by atoms with E-state index in [2.05, 4.69) is 26.3 Å². The summed E-state index contributed by atoms with van der Waals surface area (Å²) in [6, 6.07) is 25.0. The molecule has 0 unspecified atom stereocenters. The van der Waals surface area contributed by atoms with Crippen molar-refractivity contribution in [3.63, 3.8) is 0 Å². The lowest BCUT2D eigenvalue weighted by molar-refractivity contribution is -0.121. The van der Waals surface area contributed by atoms with Crippen LogP contribution in [0.4, 0.5) is 21.3 Å². The average Bonchev–Trinajstić information content (AvgIpc) is 3.41. The predicted octanol–water partition coefficient (Wildman–Crippen LogP) is 6.71. The lowest BCUT2D eigenvalue weighted by Gasteiger charge is -2.18. The largest absolute Gasteiger partial charge is 0.457 e. The van der Waals surface area contributed by atoms with E-state index in [0.717, 1.165) is 11.3 Å². The first-order valence-corrected chi connectivity index (χ1v) is 13.7. The van der Waals surface area contributed by atoms with Crippen LogP contribution in [0, 0.1) is 17.2 Å². The van der Waals surface area contributed by atoms with E-state index in [-0.39, 0.29) is 24.4 Å². The number of nitriles is 1. The van der Waals surface area contributed by atoms with Crippen molar-refractivity contribution in [2.75, 3.05) is 22.5 Å². The van der Waals surface area contributed by atoms with Gasteiger partial charge < -0.3 is 26.0 Å². The number of ether oxygens (including phenoxy) is 1. The minimum Gasteiger partial charge on any atom is -0.457 e. The summed E-state index contributed by atoms with van der Waals surface area (Å²) in [6.07, 6.45) is 0.601. The van der Waals surface area contributed by atoms with Gasteiger partial charge in [0.1, 0.15) is 24.1 Å². The number of benzene rings is 3. The van der Waals surface area contributed by atoms with Gasteiger partial charge in [0.2, 0.25) is 5.91 Å². The summed E-state index contributed by atoms with van der Waals surface area (Å²) >= 11 is 1.39. The fraction of sp³-hybridized carbons (Fsp3) is 0.200. The molecule has 1 atom stereocenters. The van der Waals surface area contributed by atoms with E-state index < -0.39 is 6.04 Å². The topological polar surface area (TPSA) is 128 Å². The Kier molecular flexibility index (Phi) is 9.69. The van der Waals surface area contributed by atoms with Crippen LogP contribution in [-0.2, 0) is 4.79 Å². The van der Waals surface area contributed by atoms with Crippen molar-refractivity contribution in [3.8, 4) is 28.8 Å². The number of nitrogens with zero attached hydrogens (tertiary/aromatic N) is 2. The minimum absolute atomic E-state index is 0.0421. The van der Waals surface area contributed by atoms with Gasteiger partial charge in [0.15, 0.2) is 5.13 Å². The molecule has 4 aromatic rings. The zero-order valence-corrected chi connectivity index (χ0v) is 23.0. The van der Waals surface area contributed by atoms with Crippen LogP contribution in [0.5, 0.6) is 11.5 Å². The number of thiazole rings is 1. The number of rotatable bonds is 11. The molecule has 1 aromatic heterocycles. The number of aromatic nitrogens is 1. The van der Waals surface area contributed by atoms with Gasteiger partial charge in [-0.15, -0.1) is 11.3 Å². The summed E-state index contributed by atoms with van der Waals surface area (Å²) in [5.41, 5.74) is 2.76. The maximum atomic E-state index is 12.6. The molecule has 204 valence electrons. The van der Waals surface area contributed by atoms with Crippen molar-refractivity contribution >= 4 is 39.8 Å². The molecular formula is C30H30N6O3S. The maximum absolute atomic E-state index is 12.6. The quantitative estimate of drug-likeness (QED) is 0.153. The van der Waals surface area contributed by atoms with Crippen molar-refractivity contribution in [2.45, 2.75) is 26.3 Å². The second-order valence-electron chi connectivity index (χ2n) is 9.34. The molecule has 4 rings (SSSR count). The number of hydrogen-bond acceptors (Lipinski definition) is 7. The fourth-order valence-corrected chi connectivity index (χ4v) is 4.63. The molecule has 0 aliphatic heterocycles. The Bertz CT molecular complexity index is 1460. The highest BCUT2D eigenvalue weighted by atomic mass is 32.1. The minimum atomic E-state index is -0.497. The first kappa shape index (κ1) is 28.1. The van der Waals surface area contributed by atoms with Crippen LogP contribution in [0.2, 0.25) is 0 Å². The first-order valence-electron chi connectivity index (χ1n) is 12.8. The molecule has 3 aromatic carbocycles. The van der Waals surface area contributed by atoms with Crippen LogP contribution < -0.4 is 26.0 Å². The Morgan fingerprint density at radius 3 is 2.40 bits per heavy atom. The molecule has 3 amide bonds. The van der Waals surface area contributed by atoms with Gasteiger partial charge >= 0.3 is 6.03 Å². The first-order chi connectivity index (χ1) is 19.4. The van der Waals surface area contributed by atoms with E-state index in [1.54, 1.807) is 30.3 Å². The van der Waals surface area contributed by atoms with E-state index in [1.165, 1.54) is 11.3 Å². The molecule has 0 spiro atoms. The number of nitrogens with one attached hydrogen (secondary N) is 4. The molecule has 1 heterocycles. The van der Waals surface area contributed by atoms with Crippen molar-refractivity contribution in [1.29, 1.82) is 5.26 Å². The van der Waals surface area contributed by atoms with E-state index >= 15 is 0 Å². The lowest BCUT2D eigenvalue weighted by Crippen LogP contribution is -2.40. The van der Waals surface area contributed by atoms with Gasteiger partial charge in [0.25, 0.3) is 0 Å². The normalized spacial score (nSPS) is 11.2. The summed E-state index contributed by atoms with van der Waals surface area (Å²) in [5.74, 6) is 1.45. The molecule has 0 aliphatic carbocycles. The van der Waals surface area contributed by atoms with Crippen LogP contribution in [0.15, 0.2) is 84.2 Å². The summed E-state index contributed by atoms with van der Waals surface area (Å²) in [5, 5.41) is 22.7. The van der Waals surface area contributed by atoms with Crippen molar-refractivity contribution in [1.82, 2.24) is 10.3 Å². The Morgan fingerprint density at radius 1 is 0.950 bits per heavy atom. The second kappa shape index (κ2) is 13.8. The zero-order chi connectivity index (χ0) is 28.3. The summed E-state index contributed by atoms with van der Waals surface area (Å²) in [4.78, 5) is 29.7. The van der Waals surface area contributed by atoms with E-state index in [9.17, 15) is 9.59 Å². The number of para-hydroxylation sites is 1. The number of carbonyl (C=O) groups excluding carboxylic acids is 2. The lowest BCUT2D eigenvalue weighted by atomic mass is 10.0. The number of urea groups is 1. The molecule has 0 saturated carbocycles. The van der Waals surface area contributed by atoms with Crippen molar-refractivity contribution in [2.24, 2.45) is 5.92 Å². The van der Waals surface area contributed by atoms with Gasteiger partial charge in [-0.1, -0.05) is 44.2 Å². The Balaban J connectivity index is 1.35. The number of hydrogen-bond donors (Lipinski definition) is 4. The smallest absolute Gasteiger partial charge is 0.323 e. The molecule has 40 heavy (non-hydrogen) atoms. The molecule has 0 saturated heterocycles. The van der Waals surface area contributed by atoms with Gasteiger partial charge in [-0.2, -0.15) is 5.26 Å². The van der Waals surface area contributed by atoms with Crippen molar-refractivity contribution < 1.29 is 14.3 Å². The molecule has 10 heteroatoms. The number of carbonyl (C=O) groups is 2. The maximum Gasteiger partial charge on any atom is 0.323 e. The highest BCUT2D eigenvalue weighted by molar-refractivity contribution is 7.14. The second-order valence-corrected chi connectivity index (χ2v) is 10.2. The summed E-state index contributed by atoms with van der Waals surface area (Å²) < 4.78 is 5.79. The summed E-state index contributed by atoms with van der Waals surface area (Å²) in [7, 11) is 0. The fourth-order valence-electron chi connectivity index (χ4n) is 3.86. The zero-order valence-electron chi connectivity index (χ0n) is 22.2. The average molecular weight is 555 g/mol. The van der Waals surface area contributed by atoms with Gasteiger partial charge in [0, 0.05) is 22.3 Å². The molecule has 9 nitrogen and oxygen atoms in total. The number of anilines is 3. The van der Waals surface area contributed by atoms with E-state index in [4.69, 9.17) is 10.00 Å². The van der Waals surface area contributed by atoms with Gasteiger partial charge in [-0.05, 0) is 60.9 Å². The highest BCUT2D eigenvalue weighted by Gasteiger charge is 2.21. The summed E-state index contributed by atoms with van der Waals surface area (Å²) in [6.45, 7) is 4.02. The monoisotopic (exact) mass is 554 g/mol. The van der Waals surface area contributed by atoms with E-state index in [1.807, 2.05) is 73.8 Å². The highest BCUT2D eigenvalue weighted by Crippen LogP contribution is 2.28. The van der Waals surface area contributed by atoms with Crippen LogP contribution in [0.3, 0.4) is 0 Å². The molecule has 0 fully saturated rings. The molecule has 0 aliphatic rings. The van der Waals surface area contributed by atoms with E-state index in [0.29, 0.717) is 34.4 Å². The van der Waals surface area contributed by atoms with Crippen LogP contribution >= 0.6 is 11.3 Å². The van der Waals surface area contributed by atoms with Crippen LogP contribution in [0.1, 0.15) is 20.3 Å². The van der Waals surface area contributed by atoms with Gasteiger partial charge in [-0.25, -0.2) is 9.78 Å². The third kappa shape index (κ3) is 8.31.